The molecule has 5 heteroatoms. The maximum absolute atomic E-state index is 5.70. The largest absolute Gasteiger partial charge is 0.355 e. The highest BCUT2D eigenvalue weighted by Crippen LogP contribution is 2.19. The molecule has 0 bridgehead atoms. The third kappa shape index (κ3) is 2.86. The predicted octanol–water partition coefficient (Wildman–Crippen LogP) is 2.06. The Balaban J connectivity index is 2.12. The van der Waals surface area contributed by atoms with Crippen molar-refractivity contribution in [3.8, 4) is 0 Å². The average Bonchev–Trinajstić information content (AvgIpc) is 2.90. The van der Waals surface area contributed by atoms with Gasteiger partial charge in [-0.3, -0.25) is 4.98 Å². The zero-order valence-corrected chi connectivity index (χ0v) is 11.5. The molecule has 2 N–H and O–H groups in total. The second kappa shape index (κ2) is 5.93. The second-order valence-corrected chi connectivity index (χ2v) is 5.31. The Morgan fingerprint density at radius 3 is 2.83 bits per heavy atom. The number of likely N-dealkylation sites (N-methyl/N-ethyl adjacent to an activating group) is 1. The molecule has 0 spiro atoms. The fourth-order valence-corrected chi connectivity index (χ4v) is 2.69. The van der Waals surface area contributed by atoms with Crippen LogP contribution in [0, 0.1) is 0 Å². The molecule has 96 valence electrons. The summed E-state index contributed by atoms with van der Waals surface area (Å²) in [5.74, 6) is 0.879. The van der Waals surface area contributed by atoms with Crippen molar-refractivity contribution in [3.05, 3.63) is 40.5 Å². The molecule has 1 atom stereocenters. The van der Waals surface area contributed by atoms with Gasteiger partial charge in [0.05, 0.1) is 5.69 Å². The van der Waals surface area contributed by atoms with Gasteiger partial charge in [-0.2, -0.15) is 0 Å². The topological polar surface area (TPSA) is 55.0 Å². The van der Waals surface area contributed by atoms with Crippen LogP contribution in [-0.4, -0.2) is 23.1 Å². The summed E-state index contributed by atoms with van der Waals surface area (Å²) in [6, 6.07) is 4.61. The van der Waals surface area contributed by atoms with Gasteiger partial charge in [-0.15, -0.1) is 11.3 Å². The van der Waals surface area contributed by atoms with Crippen LogP contribution in [0.5, 0.6) is 0 Å². The van der Waals surface area contributed by atoms with Gasteiger partial charge < -0.3 is 10.6 Å². The van der Waals surface area contributed by atoms with Crippen LogP contribution in [0.15, 0.2) is 29.9 Å². The van der Waals surface area contributed by atoms with E-state index < -0.39 is 0 Å². The van der Waals surface area contributed by atoms with Crippen molar-refractivity contribution in [2.24, 2.45) is 5.73 Å². The third-order valence-corrected chi connectivity index (χ3v) is 3.92. The Labute approximate surface area is 111 Å². The lowest BCUT2D eigenvalue weighted by atomic mass is 10.2. The van der Waals surface area contributed by atoms with Crippen molar-refractivity contribution in [2.45, 2.75) is 25.9 Å². The summed E-state index contributed by atoms with van der Waals surface area (Å²) in [6.45, 7) is 2.61. The summed E-state index contributed by atoms with van der Waals surface area (Å²) >= 11 is 1.79. The van der Waals surface area contributed by atoms with Gasteiger partial charge in [0.2, 0.25) is 0 Å². The van der Waals surface area contributed by atoms with Gasteiger partial charge in [-0.1, -0.05) is 6.07 Å². The van der Waals surface area contributed by atoms with E-state index >= 15 is 0 Å². The SMILES string of the molecule is CC(Cc1cccs1)N(C)c1nccnc1CN. The lowest BCUT2D eigenvalue weighted by molar-refractivity contribution is 0.673. The highest BCUT2D eigenvalue weighted by atomic mass is 32.1. The Hall–Kier alpha value is -1.46. The highest BCUT2D eigenvalue weighted by molar-refractivity contribution is 7.09. The number of thiophene rings is 1. The number of hydrogen-bond donors (Lipinski definition) is 1. The van der Waals surface area contributed by atoms with Crippen LogP contribution >= 0.6 is 11.3 Å². The maximum Gasteiger partial charge on any atom is 0.151 e. The molecule has 18 heavy (non-hydrogen) atoms. The Kier molecular flexibility index (Phi) is 4.28. The third-order valence-electron chi connectivity index (χ3n) is 3.02. The van der Waals surface area contributed by atoms with E-state index in [-0.39, 0.29) is 0 Å². The van der Waals surface area contributed by atoms with Crippen LogP contribution in [0.3, 0.4) is 0 Å². The number of anilines is 1. The molecule has 1 unspecified atom stereocenters. The van der Waals surface area contributed by atoms with Gasteiger partial charge in [0, 0.05) is 43.3 Å². The molecule has 0 amide bonds. The molecular formula is C13H18N4S. The minimum absolute atomic E-state index is 0.366. The number of aromatic nitrogens is 2. The first-order valence-corrected chi connectivity index (χ1v) is 6.85. The quantitative estimate of drug-likeness (QED) is 0.896. The zero-order valence-electron chi connectivity index (χ0n) is 10.7. The van der Waals surface area contributed by atoms with Crippen LogP contribution < -0.4 is 10.6 Å². The molecule has 2 rings (SSSR count). The van der Waals surface area contributed by atoms with Crippen molar-refractivity contribution in [3.63, 3.8) is 0 Å². The minimum Gasteiger partial charge on any atom is -0.355 e. The summed E-state index contributed by atoms with van der Waals surface area (Å²) in [7, 11) is 2.04. The van der Waals surface area contributed by atoms with E-state index in [1.807, 2.05) is 7.05 Å². The molecule has 2 heterocycles. The molecule has 0 aromatic carbocycles. The summed E-state index contributed by atoms with van der Waals surface area (Å²) in [6.07, 6.45) is 4.40. The van der Waals surface area contributed by atoms with Crippen LogP contribution in [0.25, 0.3) is 0 Å². The molecule has 0 fully saturated rings. The van der Waals surface area contributed by atoms with Gasteiger partial charge in [0.1, 0.15) is 0 Å². The van der Waals surface area contributed by atoms with E-state index in [9.17, 15) is 0 Å². The molecule has 0 aliphatic carbocycles. The fourth-order valence-electron chi connectivity index (χ4n) is 1.86. The summed E-state index contributed by atoms with van der Waals surface area (Å²) in [5.41, 5.74) is 6.54. The van der Waals surface area contributed by atoms with Crippen LogP contribution in [-0.2, 0) is 13.0 Å². The summed E-state index contributed by atoms with van der Waals surface area (Å²) in [4.78, 5) is 12.2. The fraction of sp³-hybridized carbons (Fsp3) is 0.385. The molecular weight excluding hydrogens is 244 g/mol. The van der Waals surface area contributed by atoms with Crippen LogP contribution in [0.2, 0.25) is 0 Å². The minimum atomic E-state index is 0.366. The number of nitrogens with zero attached hydrogens (tertiary/aromatic N) is 3. The van der Waals surface area contributed by atoms with E-state index in [1.165, 1.54) is 4.88 Å². The van der Waals surface area contributed by atoms with E-state index in [1.54, 1.807) is 23.7 Å². The molecule has 2 aromatic heterocycles. The predicted molar refractivity (Wildman–Crippen MR) is 75.8 cm³/mol. The lowest BCUT2D eigenvalue weighted by Crippen LogP contribution is -2.32. The van der Waals surface area contributed by atoms with Crippen molar-refractivity contribution < 1.29 is 0 Å². The Morgan fingerprint density at radius 1 is 1.39 bits per heavy atom. The first kappa shape index (κ1) is 13.0. The Morgan fingerprint density at radius 2 is 2.17 bits per heavy atom. The first-order valence-electron chi connectivity index (χ1n) is 5.97. The normalized spacial score (nSPS) is 12.4. The lowest BCUT2D eigenvalue weighted by Gasteiger charge is -2.26. The van der Waals surface area contributed by atoms with Crippen LogP contribution in [0.1, 0.15) is 17.5 Å². The standard InChI is InChI=1S/C13H18N4S/c1-10(8-11-4-3-7-18-11)17(2)13-12(9-14)15-5-6-16-13/h3-7,10H,8-9,14H2,1-2H3. The van der Waals surface area contributed by atoms with Crippen LogP contribution in [0.4, 0.5) is 5.82 Å². The monoisotopic (exact) mass is 262 g/mol. The molecule has 4 nitrogen and oxygen atoms in total. The maximum atomic E-state index is 5.70. The van der Waals surface area contributed by atoms with E-state index in [0.29, 0.717) is 12.6 Å². The number of nitrogens with two attached hydrogens (primary N) is 1. The summed E-state index contributed by atoms with van der Waals surface area (Å²) in [5, 5.41) is 2.11. The zero-order chi connectivity index (χ0) is 13.0. The number of rotatable bonds is 5. The number of hydrogen-bond acceptors (Lipinski definition) is 5. The van der Waals surface area contributed by atoms with Gasteiger partial charge in [-0.25, -0.2) is 4.98 Å². The molecule has 2 aromatic rings. The molecule has 0 aliphatic heterocycles. The molecule has 0 saturated heterocycles. The van der Waals surface area contributed by atoms with Crippen molar-refractivity contribution in [2.75, 3.05) is 11.9 Å². The van der Waals surface area contributed by atoms with Gasteiger partial charge in [0.15, 0.2) is 5.82 Å². The van der Waals surface area contributed by atoms with Gasteiger partial charge in [0.25, 0.3) is 0 Å². The van der Waals surface area contributed by atoms with E-state index in [4.69, 9.17) is 5.73 Å². The highest BCUT2D eigenvalue weighted by Gasteiger charge is 2.15. The van der Waals surface area contributed by atoms with Crippen molar-refractivity contribution in [1.82, 2.24) is 9.97 Å². The average molecular weight is 262 g/mol. The van der Waals surface area contributed by atoms with Gasteiger partial charge >= 0.3 is 0 Å². The first-order chi connectivity index (χ1) is 8.72. The van der Waals surface area contributed by atoms with Crippen molar-refractivity contribution >= 4 is 17.2 Å². The molecule has 0 aliphatic rings. The Bertz CT molecular complexity index is 483. The molecule has 0 saturated carbocycles. The van der Waals surface area contributed by atoms with E-state index in [0.717, 1.165) is 17.9 Å². The second-order valence-electron chi connectivity index (χ2n) is 4.27. The summed E-state index contributed by atoms with van der Waals surface area (Å²) < 4.78 is 0. The smallest absolute Gasteiger partial charge is 0.151 e. The van der Waals surface area contributed by atoms with E-state index in [2.05, 4.69) is 39.3 Å². The van der Waals surface area contributed by atoms with Crippen molar-refractivity contribution in [1.29, 1.82) is 0 Å². The molecule has 0 radical (unpaired) electrons. The van der Waals surface area contributed by atoms with Gasteiger partial charge in [-0.05, 0) is 18.4 Å².